The van der Waals surface area contributed by atoms with Crippen LogP contribution in [0.15, 0.2) is 148 Å². The molecule has 0 radical (unpaired) electrons. The van der Waals surface area contributed by atoms with E-state index in [9.17, 15) is 13.2 Å². The molecule has 24 nitrogen and oxygen atoms in total. The number of hydrogen-bond donors (Lipinski definition) is 1. The summed E-state index contributed by atoms with van der Waals surface area (Å²) in [6.45, 7) is 157. The van der Waals surface area contributed by atoms with Gasteiger partial charge in [0.2, 0.25) is 0 Å². The summed E-state index contributed by atoms with van der Waals surface area (Å²) in [5.74, 6) is 3.78. The van der Waals surface area contributed by atoms with Crippen molar-refractivity contribution in [2.24, 2.45) is 0 Å². The molecule has 0 spiro atoms. The highest BCUT2D eigenvalue weighted by atomic mass is 32.2. The monoisotopic (exact) mass is 2060 g/mol. The minimum Gasteiger partial charge on any atom is -0.478 e. The van der Waals surface area contributed by atoms with Crippen molar-refractivity contribution in [2.45, 2.75) is 400 Å². The Morgan fingerprint density at radius 3 is 1.13 bits per heavy atom. The molecule has 12 fully saturated rings. The van der Waals surface area contributed by atoms with Crippen LogP contribution in [-0.4, -0.2) is 397 Å². The lowest BCUT2D eigenvalue weighted by molar-refractivity contribution is -0.134. The first-order valence-corrected chi connectivity index (χ1v) is 56.0. The third-order valence-electron chi connectivity index (χ3n) is 28.5. The number of hydrogen-bond acceptors (Lipinski definition) is 25. The van der Waals surface area contributed by atoms with Gasteiger partial charge in [0.05, 0.1) is 42.3 Å². The molecule has 1 N–H and O–H groups in total. The van der Waals surface area contributed by atoms with E-state index < -0.39 is 9.84 Å². The van der Waals surface area contributed by atoms with E-state index in [1.165, 1.54) is 83.6 Å². The molecule has 0 bridgehead atoms. The molecule has 0 aromatic carbocycles. The second kappa shape index (κ2) is 55.2. The van der Waals surface area contributed by atoms with Crippen LogP contribution in [0.3, 0.4) is 0 Å². The Kier molecular flexibility index (Phi) is 52.8. The van der Waals surface area contributed by atoms with Gasteiger partial charge in [0, 0.05) is 259 Å². The van der Waals surface area contributed by atoms with Crippen LogP contribution >= 0.6 is 11.8 Å². The number of nitrogens with zero attached hydrogens (tertiary/aromatic N) is 17. The minimum absolute atomic E-state index is 0. The number of thioether (sulfide) groups is 1. The van der Waals surface area contributed by atoms with Crippen LogP contribution in [-0.2, 0) is 28.8 Å². The van der Waals surface area contributed by atoms with Crippen LogP contribution in [0.2, 0.25) is 0 Å². The van der Waals surface area contributed by atoms with Crippen molar-refractivity contribution in [1.29, 1.82) is 0 Å². The zero-order valence-corrected chi connectivity index (χ0v) is 104. The Morgan fingerprint density at radius 1 is 0.438 bits per heavy atom. The summed E-state index contributed by atoms with van der Waals surface area (Å²) >= 11 is 1.98. The molecule has 840 valence electrons. The standard InChI is InChI=1S/3C12H24N2.2C10H20N2.C9H18N2.C9H17NO2S.C9H17NO.C9H17NS.C9H17N.C8H13NO2.C8H15NO.CH4/c1-10(14(7)11(2,3)4)12(8-9-12)13(5)6;1-10-12(5,6)13(7)8-9-14(10)11(2,3)4;1-9-8-14(12(4,5)6)11(3)10(2)13(9)7;2*1-9-8-11(5)6-7-12(9)10(2,3)4;1-8-7-10-5-6-11(8)9(2,3)4;1-8-7-13(11,12)6-5-10(8)9(2,3)4;2*1-8-7-11-6-5-10(8)9(2,3)4;1-8-6-5-7-10(8)9(2,3)4;1-6-9(8(2,3)4)5-7(10)11-6;1-7-9(5-6-10-7)8(2,3)4;/h2*1,8-9H2,2-7H3;9-10H,3,8H2,1-2,4-7H3;2*1,6-8H2,2-5H3;10H,1,5-7H2,2-4H3;1,5-7H2,2-4H3;2*1,5-7H2,2-4H3;1,5-7H2,2-4H3;1,5H2,2-4H3;1,5-6H2,2-4H3;1H4. The Hall–Kier alpha value is -6.23. The number of cyclic esters (lactones) is 1. The summed E-state index contributed by atoms with van der Waals surface area (Å²) in [7, 11) is 12.2. The number of likely N-dealkylation sites (tertiary alicyclic amines) is 1. The third kappa shape index (κ3) is 45.1. The first-order chi connectivity index (χ1) is 64.2. The van der Waals surface area contributed by atoms with Crippen molar-refractivity contribution in [3.8, 4) is 0 Å². The van der Waals surface area contributed by atoms with Gasteiger partial charge >= 0.3 is 5.97 Å². The van der Waals surface area contributed by atoms with Gasteiger partial charge in [0.1, 0.15) is 13.2 Å². The van der Waals surface area contributed by atoms with Gasteiger partial charge in [-0.25, -0.2) is 13.2 Å². The van der Waals surface area contributed by atoms with Gasteiger partial charge < -0.3 is 78.3 Å². The molecule has 144 heavy (non-hydrogen) atoms. The van der Waals surface area contributed by atoms with Crippen molar-refractivity contribution >= 4 is 27.6 Å². The number of rotatable bonds is 3. The van der Waals surface area contributed by atoms with Crippen molar-refractivity contribution < 1.29 is 27.4 Å². The highest BCUT2D eigenvalue weighted by Crippen LogP contribution is 2.48. The number of allylic oxidation sites excluding steroid dienone is 1. The van der Waals surface area contributed by atoms with Gasteiger partial charge in [0.15, 0.2) is 21.6 Å². The van der Waals surface area contributed by atoms with E-state index in [0.717, 1.165) is 134 Å². The third-order valence-corrected chi connectivity index (χ3v) is 31.1. The molecule has 0 aromatic heterocycles. The van der Waals surface area contributed by atoms with E-state index in [1.54, 1.807) is 0 Å². The van der Waals surface area contributed by atoms with Crippen LogP contribution in [0.4, 0.5) is 0 Å². The van der Waals surface area contributed by atoms with Gasteiger partial charge in [-0.05, 0) is 358 Å². The fraction of sp³-hybridized carbons (Fsp3) is 0.788. The molecule has 2 unspecified atom stereocenters. The maximum atomic E-state index is 11.2. The summed E-state index contributed by atoms with van der Waals surface area (Å²) in [6, 6.07) is 1.06. The molecule has 0 amide bonds. The van der Waals surface area contributed by atoms with Crippen molar-refractivity contribution in [3.63, 3.8) is 0 Å². The molecule has 2 atom stereocenters. The summed E-state index contributed by atoms with van der Waals surface area (Å²) in [5, 5.41) is 3.30. The number of carbonyl (C=O) groups excluding carboxylic acids is 1. The molecule has 1 saturated carbocycles. The highest BCUT2D eigenvalue weighted by Gasteiger charge is 2.50. The van der Waals surface area contributed by atoms with Gasteiger partial charge in [-0.2, -0.15) is 11.8 Å². The molecule has 11 heterocycles. The smallest absolute Gasteiger partial charge is 0.332 e. The molecule has 1 aliphatic carbocycles. The zero-order chi connectivity index (χ0) is 112. The first kappa shape index (κ1) is 138. The summed E-state index contributed by atoms with van der Waals surface area (Å²) < 4.78 is 37.8. The summed E-state index contributed by atoms with van der Waals surface area (Å²) in [4.78, 5) is 50.0. The van der Waals surface area contributed by atoms with Crippen molar-refractivity contribution in [1.82, 2.24) is 88.6 Å². The minimum atomic E-state index is -2.87. The zero-order valence-electron chi connectivity index (χ0n) is 102. The normalized spacial score (nSPS) is 21.9. The average molecular weight is 2060 g/mol. The number of likely N-dealkylation sites (N-methyl/N-ethyl adjacent to an activating group) is 6. The molecule has 11 aliphatic heterocycles. The molecule has 26 heteroatoms. The van der Waals surface area contributed by atoms with Gasteiger partial charge in [-0.15, -0.1) is 0 Å². The molecule has 12 aliphatic rings. The van der Waals surface area contributed by atoms with Crippen LogP contribution in [0.1, 0.15) is 310 Å². The van der Waals surface area contributed by atoms with Gasteiger partial charge in [-0.1, -0.05) is 73.2 Å². The SMILES string of the molecule is C.C=C(N(C)C(C)(C)C)C1(N(C)C)CC1.C=C1C(C)N(C)C(C)CN1C(C)(C)C.C=C1CCCN1C(C)(C)C.C=C1CN(C)CCN1C(C)(C)C.C=C1CN(C)CCN1C(C)(C)C.C=C1CNCCN1C(C)(C)C.C=C1COCCN1C(C)(C)C.C=C1CS(=O)(=O)CCN1C(C)(C)C.C=C1CSCCN1C(C)(C)C.C=C1N(C(C)(C)C)CCN(C)C1(C)C.C=C1OC(=O)CN1C(C)(C)C.C=C1OCCN1C(C)(C)C. The first-order valence-electron chi connectivity index (χ1n) is 53.0. The van der Waals surface area contributed by atoms with E-state index in [2.05, 4.69) is 468 Å². The summed E-state index contributed by atoms with van der Waals surface area (Å²) in [6.07, 6.45) is 4.98. The Morgan fingerprint density at radius 2 is 0.833 bits per heavy atom. The number of carbonyl (C=O) groups is 1. The highest BCUT2D eigenvalue weighted by molar-refractivity contribution is 7.99. The van der Waals surface area contributed by atoms with Crippen LogP contribution in [0.5, 0.6) is 0 Å². The fourth-order valence-electron chi connectivity index (χ4n) is 18.9. The average Bonchev–Trinajstić information content (AvgIpc) is 1.60. The number of morpholine rings is 1. The predicted octanol–water partition coefficient (Wildman–Crippen LogP) is 22.0. The molecule has 12 rings (SSSR count). The Bertz CT molecular complexity index is 4060. The van der Waals surface area contributed by atoms with E-state index in [0.29, 0.717) is 37.7 Å². The predicted molar refractivity (Wildman–Crippen MR) is 630 cm³/mol. The van der Waals surface area contributed by atoms with Crippen molar-refractivity contribution in [2.75, 3.05) is 210 Å². The number of piperazine rings is 5. The Balaban J connectivity index is 0.00000155. The van der Waals surface area contributed by atoms with Crippen LogP contribution < -0.4 is 5.32 Å². The number of nitrogens with one attached hydrogen (secondary N) is 1. The Labute approximate surface area is 895 Å². The maximum absolute atomic E-state index is 11.2. The van der Waals surface area contributed by atoms with E-state index in [1.807, 2.05) is 37.4 Å². The van der Waals surface area contributed by atoms with Gasteiger partial charge in [0.25, 0.3) is 0 Å². The van der Waals surface area contributed by atoms with Crippen LogP contribution in [0.25, 0.3) is 0 Å². The second-order valence-corrected chi connectivity index (χ2v) is 57.0. The fourth-order valence-corrected chi connectivity index (χ4v) is 21.0. The number of sulfone groups is 1. The lowest BCUT2D eigenvalue weighted by Crippen LogP contribution is -2.59. The largest absolute Gasteiger partial charge is 0.478 e. The van der Waals surface area contributed by atoms with E-state index in [-0.39, 0.29) is 102 Å². The van der Waals surface area contributed by atoms with E-state index in [4.69, 9.17) is 14.2 Å². The van der Waals surface area contributed by atoms with Gasteiger partial charge in [-0.3, -0.25) is 24.5 Å². The topological polar surface area (TPSA) is 146 Å². The molecule has 0 aromatic rings. The molecular formula is C118H230N18O6S2. The van der Waals surface area contributed by atoms with Crippen molar-refractivity contribution in [3.05, 3.63) is 148 Å². The molecule has 11 saturated heterocycles. The second-order valence-electron chi connectivity index (χ2n) is 53.7. The lowest BCUT2D eigenvalue weighted by atomic mass is 9.91. The van der Waals surface area contributed by atoms with Crippen LogP contribution in [0, 0.1) is 0 Å². The van der Waals surface area contributed by atoms with E-state index >= 15 is 0 Å². The number of esters is 1. The maximum Gasteiger partial charge on any atom is 0.332 e. The lowest BCUT2D eigenvalue weighted by Gasteiger charge is -2.52. The quantitative estimate of drug-likeness (QED) is 0.267. The number of ether oxygens (including phenoxy) is 3. The summed E-state index contributed by atoms with van der Waals surface area (Å²) in [5.41, 5.74) is 14.3. The molecular weight excluding hydrogens is 1830 g/mol.